The van der Waals surface area contributed by atoms with Gasteiger partial charge in [0, 0.05) is 6.20 Å². The fourth-order valence-corrected chi connectivity index (χ4v) is 2.07. The van der Waals surface area contributed by atoms with E-state index in [9.17, 15) is 9.00 Å². The second kappa shape index (κ2) is 4.07. The molecule has 17 heavy (non-hydrogen) atoms. The lowest BCUT2D eigenvalue weighted by atomic mass is 10.1. The number of aromatic nitrogens is 2. The SMILES string of the molecule is NC(=O)N(S(=O)O)C1(c2ccn[nH]2)C=CN=N1. The predicted molar refractivity (Wildman–Crippen MR) is 56.5 cm³/mol. The molecule has 0 radical (unpaired) electrons. The van der Waals surface area contributed by atoms with Crippen LogP contribution in [0.15, 0.2) is 34.8 Å². The van der Waals surface area contributed by atoms with Crippen LogP contribution in [-0.2, 0) is 16.9 Å². The van der Waals surface area contributed by atoms with Gasteiger partial charge in [-0.05, 0) is 12.1 Å². The molecule has 1 aromatic heterocycles. The molecule has 10 heteroatoms. The average molecular weight is 256 g/mol. The highest BCUT2D eigenvalue weighted by atomic mass is 32.2. The van der Waals surface area contributed by atoms with Crippen molar-refractivity contribution in [3.8, 4) is 0 Å². The number of nitrogens with one attached hydrogen (secondary N) is 1. The van der Waals surface area contributed by atoms with E-state index in [0.717, 1.165) is 0 Å². The summed E-state index contributed by atoms with van der Waals surface area (Å²) in [5.41, 5.74) is 3.82. The molecule has 4 N–H and O–H groups in total. The van der Waals surface area contributed by atoms with Crippen LogP contribution in [-0.4, -0.2) is 29.3 Å². The quantitative estimate of drug-likeness (QED) is 0.658. The lowest BCUT2D eigenvalue weighted by molar-refractivity contribution is 0.201. The molecule has 1 aliphatic rings. The van der Waals surface area contributed by atoms with Crippen molar-refractivity contribution in [1.82, 2.24) is 14.5 Å². The number of hydrogen-bond acceptors (Lipinski definition) is 5. The molecule has 90 valence electrons. The topological polar surface area (TPSA) is 137 Å². The Bertz CT molecular complexity index is 484. The van der Waals surface area contributed by atoms with E-state index >= 15 is 0 Å². The third-order valence-electron chi connectivity index (χ3n) is 2.15. The number of primary amides is 1. The number of hydrogen-bond donors (Lipinski definition) is 3. The van der Waals surface area contributed by atoms with Gasteiger partial charge in [0.1, 0.15) is 0 Å². The van der Waals surface area contributed by atoms with Crippen molar-refractivity contribution in [2.45, 2.75) is 5.66 Å². The van der Waals surface area contributed by atoms with Crippen LogP contribution in [0.25, 0.3) is 0 Å². The van der Waals surface area contributed by atoms with Crippen LogP contribution in [0.2, 0.25) is 0 Å². The van der Waals surface area contributed by atoms with Crippen LogP contribution in [0.1, 0.15) is 5.69 Å². The molecule has 1 aliphatic heterocycles. The third kappa shape index (κ3) is 1.72. The van der Waals surface area contributed by atoms with Crippen LogP contribution in [0.4, 0.5) is 4.79 Å². The summed E-state index contributed by atoms with van der Waals surface area (Å²) in [7, 11) is 0. The molecule has 0 aromatic carbocycles. The van der Waals surface area contributed by atoms with Gasteiger partial charge in [0.15, 0.2) is 0 Å². The monoisotopic (exact) mass is 256 g/mol. The highest BCUT2D eigenvalue weighted by molar-refractivity contribution is 7.77. The maximum atomic E-state index is 11.3. The lowest BCUT2D eigenvalue weighted by Gasteiger charge is -2.30. The van der Waals surface area contributed by atoms with Crippen molar-refractivity contribution in [3.05, 3.63) is 30.2 Å². The van der Waals surface area contributed by atoms with E-state index < -0.39 is 23.0 Å². The molecule has 2 unspecified atom stereocenters. The van der Waals surface area contributed by atoms with Gasteiger partial charge in [-0.3, -0.25) is 9.65 Å². The first-order chi connectivity index (χ1) is 8.08. The van der Waals surface area contributed by atoms with E-state index in [1.807, 2.05) is 0 Å². The van der Waals surface area contributed by atoms with E-state index in [-0.39, 0.29) is 0 Å². The Kier molecular flexibility index (Phi) is 2.73. The Balaban J connectivity index is 2.56. The van der Waals surface area contributed by atoms with Gasteiger partial charge in [-0.2, -0.15) is 14.5 Å². The average Bonchev–Trinajstić information content (AvgIpc) is 2.85. The normalized spacial score (nSPS) is 23.8. The molecule has 0 aliphatic carbocycles. The number of nitrogens with zero attached hydrogens (tertiary/aromatic N) is 4. The Hall–Kier alpha value is -2.07. The third-order valence-corrected chi connectivity index (χ3v) is 2.92. The molecule has 0 fully saturated rings. The Morgan fingerprint density at radius 2 is 2.41 bits per heavy atom. The van der Waals surface area contributed by atoms with Gasteiger partial charge in [-0.1, -0.05) is 0 Å². The highest BCUT2D eigenvalue weighted by Crippen LogP contribution is 2.34. The van der Waals surface area contributed by atoms with Gasteiger partial charge in [0.05, 0.1) is 11.9 Å². The number of azo groups is 1. The zero-order valence-electron chi connectivity index (χ0n) is 8.35. The van der Waals surface area contributed by atoms with Crippen LogP contribution in [0.3, 0.4) is 0 Å². The summed E-state index contributed by atoms with van der Waals surface area (Å²) in [6.07, 6.45) is 4.07. The summed E-state index contributed by atoms with van der Waals surface area (Å²) < 4.78 is 20.8. The number of urea groups is 1. The molecule has 0 bridgehead atoms. The smallest absolute Gasteiger partial charge is 0.331 e. The Morgan fingerprint density at radius 3 is 2.82 bits per heavy atom. The van der Waals surface area contributed by atoms with Gasteiger partial charge < -0.3 is 5.73 Å². The molecule has 9 nitrogen and oxygen atoms in total. The fraction of sp³-hybridized carbons (Fsp3) is 0.143. The van der Waals surface area contributed by atoms with Crippen LogP contribution < -0.4 is 5.73 Å². The minimum atomic E-state index is -2.64. The minimum Gasteiger partial charge on any atom is -0.351 e. The van der Waals surface area contributed by atoms with Crippen LogP contribution >= 0.6 is 0 Å². The first-order valence-electron chi connectivity index (χ1n) is 4.38. The van der Waals surface area contributed by atoms with Crippen LogP contribution in [0.5, 0.6) is 0 Å². The molecule has 2 rings (SSSR count). The van der Waals surface area contributed by atoms with E-state index in [4.69, 9.17) is 10.3 Å². The molecule has 1 aromatic rings. The predicted octanol–water partition coefficient (Wildman–Crippen LogP) is 0.0594. The second-order valence-corrected chi connectivity index (χ2v) is 3.92. The molecular formula is C7H8N6O3S. The first kappa shape index (κ1) is 11.4. The van der Waals surface area contributed by atoms with E-state index in [0.29, 0.717) is 10.00 Å². The van der Waals surface area contributed by atoms with Crippen molar-refractivity contribution in [3.63, 3.8) is 0 Å². The Morgan fingerprint density at radius 1 is 1.65 bits per heavy atom. The van der Waals surface area contributed by atoms with Crippen LogP contribution in [0, 0.1) is 0 Å². The van der Waals surface area contributed by atoms with Gasteiger partial charge in [0.25, 0.3) is 11.3 Å². The zero-order chi connectivity index (χ0) is 12.5. The summed E-state index contributed by atoms with van der Waals surface area (Å²) in [5.74, 6) is 0. The van der Waals surface area contributed by atoms with Gasteiger partial charge in [-0.25, -0.2) is 9.00 Å². The van der Waals surface area contributed by atoms with E-state index in [2.05, 4.69) is 20.4 Å². The standard InChI is InChI=1S/C7H8N6O3S/c8-6(14)13(17(15)16)7(2-4-10-12-7)5-1-3-9-11-5/h1-4H,(H2,8,14)(H,9,11)(H,15,16). The lowest BCUT2D eigenvalue weighted by Crippen LogP contribution is -2.50. The molecule has 0 saturated heterocycles. The van der Waals surface area contributed by atoms with Crippen molar-refractivity contribution in [1.29, 1.82) is 0 Å². The maximum absolute atomic E-state index is 11.3. The second-order valence-electron chi connectivity index (χ2n) is 3.09. The number of carbonyl (C=O) groups excluding carboxylic acids is 1. The molecule has 2 amide bonds. The number of H-pyrrole nitrogens is 1. The van der Waals surface area contributed by atoms with Gasteiger partial charge in [0.2, 0.25) is 5.66 Å². The number of amides is 2. The highest BCUT2D eigenvalue weighted by Gasteiger charge is 2.45. The first-order valence-corrected chi connectivity index (χ1v) is 5.44. The number of rotatable bonds is 3. The number of carbonyl (C=O) groups is 1. The van der Waals surface area contributed by atoms with Crippen molar-refractivity contribution in [2.75, 3.05) is 0 Å². The van der Waals surface area contributed by atoms with Gasteiger partial charge in [-0.15, -0.1) is 5.11 Å². The number of nitrogens with two attached hydrogens (primary N) is 1. The molecule has 0 saturated carbocycles. The Labute approximate surface area is 97.8 Å². The van der Waals surface area contributed by atoms with Crippen molar-refractivity contribution < 1.29 is 13.6 Å². The summed E-state index contributed by atoms with van der Waals surface area (Å²) in [6.45, 7) is 0. The van der Waals surface area contributed by atoms with E-state index in [1.54, 1.807) is 0 Å². The fourth-order valence-electron chi connectivity index (χ4n) is 1.48. The van der Waals surface area contributed by atoms with Gasteiger partial charge >= 0.3 is 6.03 Å². The van der Waals surface area contributed by atoms with Crippen molar-refractivity contribution >= 4 is 17.3 Å². The summed E-state index contributed by atoms with van der Waals surface area (Å²) in [6, 6.07) is 0.392. The summed E-state index contributed by atoms with van der Waals surface area (Å²) in [4.78, 5) is 11.3. The number of aromatic amines is 1. The summed E-state index contributed by atoms with van der Waals surface area (Å²) in [5, 5.41) is 13.6. The summed E-state index contributed by atoms with van der Waals surface area (Å²) >= 11 is -2.64. The molecular weight excluding hydrogens is 248 g/mol. The largest absolute Gasteiger partial charge is 0.351 e. The maximum Gasteiger partial charge on any atom is 0.331 e. The molecule has 2 heterocycles. The molecule has 2 atom stereocenters. The zero-order valence-corrected chi connectivity index (χ0v) is 9.16. The molecule has 0 spiro atoms. The van der Waals surface area contributed by atoms with E-state index in [1.165, 1.54) is 24.5 Å². The minimum absolute atomic E-state index is 0.302. The van der Waals surface area contributed by atoms with Crippen molar-refractivity contribution in [2.24, 2.45) is 16.0 Å².